The maximum atomic E-state index is 13.5. The van der Waals surface area contributed by atoms with Crippen molar-refractivity contribution in [3.05, 3.63) is 64.9 Å². The number of benzene rings is 1. The van der Waals surface area contributed by atoms with E-state index in [2.05, 4.69) is 10.1 Å². The topological polar surface area (TPSA) is 65.8 Å². The largest absolute Gasteiger partial charge is 0.438 e. The Labute approximate surface area is 145 Å². The molecule has 2 heterocycles. The first kappa shape index (κ1) is 17.4. The highest BCUT2D eigenvalue weighted by atomic mass is 35.5. The monoisotopic (exact) mass is 369 g/mol. The normalized spacial score (nSPS) is 20.5. The molecule has 0 saturated heterocycles. The van der Waals surface area contributed by atoms with Crippen LogP contribution < -0.4 is 0 Å². The van der Waals surface area contributed by atoms with Crippen LogP contribution in [0.15, 0.2) is 53.9 Å². The van der Waals surface area contributed by atoms with E-state index in [0.29, 0.717) is 10.6 Å². The van der Waals surface area contributed by atoms with Crippen LogP contribution in [-0.2, 0) is 0 Å². The lowest BCUT2D eigenvalue weighted by molar-refractivity contribution is -0.297. The van der Waals surface area contributed by atoms with Crippen molar-refractivity contribution in [2.45, 2.75) is 18.3 Å². The molecule has 9 heteroatoms. The molecule has 3 rings (SSSR count). The molecule has 130 valence electrons. The molecule has 0 fully saturated rings. The van der Waals surface area contributed by atoms with E-state index in [-0.39, 0.29) is 16.3 Å². The number of hydrogen-bond acceptors (Lipinski definition) is 4. The Morgan fingerprint density at radius 3 is 2.32 bits per heavy atom. The van der Waals surface area contributed by atoms with Crippen LogP contribution >= 0.6 is 11.6 Å². The lowest BCUT2D eigenvalue weighted by Gasteiger charge is -2.32. The molecule has 1 N–H and O–H groups in total. The highest BCUT2D eigenvalue weighted by Crippen LogP contribution is 2.41. The summed E-state index contributed by atoms with van der Waals surface area (Å²) in [4.78, 5) is 16.3. The number of amides is 1. The summed E-state index contributed by atoms with van der Waals surface area (Å²) >= 11 is 5.72. The number of pyridine rings is 1. The molecule has 5 nitrogen and oxygen atoms in total. The minimum Gasteiger partial charge on any atom is -0.362 e. The first-order valence-corrected chi connectivity index (χ1v) is 7.47. The highest BCUT2D eigenvalue weighted by molar-refractivity contribution is 6.30. The maximum absolute atomic E-state index is 13.5. The summed E-state index contributed by atoms with van der Waals surface area (Å²) in [7, 11) is 0. The Hall–Kier alpha value is -2.45. The number of aromatic nitrogens is 1. The summed E-state index contributed by atoms with van der Waals surface area (Å²) in [5.74, 6) is -1.08. The lowest BCUT2D eigenvalue weighted by Crippen LogP contribution is -2.56. The van der Waals surface area contributed by atoms with E-state index in [1.54, 1.807) is 0 Å². The molecule has 1 atom stereocenters. The van der Waals surface area contributed by atoms with Crippen molar-refractivity contribution in [3.63, 3.8) is 0 Å². The number of alkyl halides is 3. The van der Waals surface area contributed by atoms with Crippen molar-refractivity contribution in [2.75, 3.05) is 0 Å². The van der Waals surface area contributed by atoms with E-state index in [1.165, 1.54) is 48.8 Å². The molecule has 1 aliphatic rings. The number of rotatable bonds is 2. The Balaban J connectivity index is 2.04. The average molecular weight is 370 g/mol. The number of nitrogens with zero attached hydrogens (tertiary/aromatic N) is 3. The Morgan fingerprint density at radius 1 is 1.16 bits per heavy atom. The van der Waals surface area contributed by atoms with Crippen LogP contribution in [0.1, 0.15) is 22.3 Å². The van der Waals surface area contributed by atoms with Crippen molar-refractivity contribution in [1.82, 2.24) is 9.99 Å². The maximum Gasteiger partial charge on any atom is 0.438 e. The van der Waals surface area contributed by atoms with Gasteiger partial charge in [-0.05, 0) is 36.4 Å². The van der Waals surface area contributed by atoms with Crippen molar-refractivity contribution in [2.24, 2.45) is 5.10 Å². The quantitative estimate of drug-likeness (QED) is 0.883. The molecule has 0 aliphatic carbocycles. The highest BCUT2D eigenvalue weighted by Gasteiger charge is 2.63. The first-order valence-electron chi connectivity index (χ1n) is 7.09. The van der Waals surface area contributed by atoms with Crippen LogP contribution in [0.25, 0.3) is 0 Å². The van der Waals surface area contributed by atoms with Gasteiger partial charge in [-0.15, -0.1) is 0 Å². The number of aliphatic hydroxyl groups is 1. The Morgan fingerprint density at radius 2 is 1.76 bits per heavy atom. The third kappa shape index (κ3) is 3.10. The second-order valence-electron chi connectivity index (χ2n) is 5.40. The molecule has 0 spiro atoms. The second-order valence-corrected chi connectivity index (χ2v) is 5.83. The minimum absolute atomic E-state index is 0.0652. The summed E-state index contributed by atoms with van der Waals surface area (Å²) in [5.41, 5.74) is -3.23. The van der Waals surface area contributed by atoms with Crippen LogP contribution in [0.5, 0.6) is 0 Å². The van der Waals surface area contributed by atoms with E-state index in [9.17, 15) is 23.1 Å². The van der Waals surface area contributed by atoms with Crippen molar-refractivity contribution < 1.29 is 23.1 Å². The predicted octanol–water partition coefficient (Wildman–Crippen LogP) is 3.24. The fourth-order valence-corrected chi connectivity index (χ4v) is 2.53. The Kier molecular flexibility index (Phi) is 4.26. The molecule has 0 unspecified atom stereocenters. The summed E-state index contributed by atoms with van der Waals surface area (Å²) < 4.78 is 40.4. The molecule has 2 aromatic rings. The fraction of sp³-hybridized carbons (Fsp3) is 0.188. The summed E-state index contributed by atoms with van der Waals surface area (Å²) in [6, 6.07) is 8.16. The number of hydrazone groups is 1. The molecule has 0 saturated carbocycles. The van der Waals surface area contributed by atoms with Gasteiger partial charge in [0.25, 0.3) is 11.6 Å². The van der Waals surface area contributed by atoms with E-state index in [4.69, 9.17) is 11.6 Å². The number of hydrogen-bond donors (Lipinski definition) is 1. The van der Waals surface area contributed by atoms with Gasteiger partial charge in [-0.3, -0.25) is 9.78 Å². The zero-order chi connectivity index (χ0) is 18.2. The standard InChI is InChI=1S/C16H11ClF3N3O2/c17-12-3-1-11(2-4-12)14(24)23-15(25,16(18,19)20)9-13(22-23)10-5-7-21-8-6-10/h1-8,25H,9H2/t15-/m0/s1. The van der Waals surface area contributed by atoms with Gasteiger partial charge < -0.3 is 5.11 Å². The molecule has 1 amide bonds. The molecule has 1 aromatic carbocycles. The van der Waals surface area contributed by atoms with Gasteiger partial charge in [-0.1, -0.05) is 11.6 Å². The van der Waals surface area contributed by atoms with Crippen LogP contribution in [0.4, 0.5) is 13.2 Å². The van der Waals surface area contributed by atoms with Crippen molar-refractivity contribution in [3.8, 4) is 0 Å². The predicted molar refractivity (Wildman–Crippen MR) is 84.0 cm³/mol. The van der Waals surface area contributed by atoms with Gasteiger partial charge in [0, 0.05) is 28.5 Å². The van der Waals surface area contributed by atoms with Gasteiger partial charge in [-0.25, -0.2) is 0 Å². The molecular weight excluding hydrogens is 359 g/mol. The van der Waals surface area contributed by atoms with E-state index in [1.807, 2.05) is 0 Å². The number of halogens is 4. The summed E-state index contributed by atoms with van der Waals surface area (Å²) in [6.07, 6.45) is -3.20. The van der Waals surface area contributed by atoms with Gasteiger partial charge in [0.1, 0.15) is 0 Å². The van der Waals surface area contributed by atoms with Crippen LogP contribution in [0, 0.1) is 0 Å². The van der Waals surface area contributed by atoms with Crippen LogP contribution in [0.2, 0.25) is 5.02 Å². The minimum atomic E-state index is -5.09. The molecular formula is C16H11ClF3N3O2. The average Bonchev–Trinajstić information content (AvgIpc) is 2.95. The van der Waals surface area contributed by atoms with Gasteiger partial charge in [0.05, 0.1) is 12.1 Å². The SMILES string of the molecule is O=C(c1ccc(Cl)cc1)N1N=C(c2ccncc2)C[C@]1(O)C(F)(F)F. The third-order valence-electron chi connectivity index (χ3n) is 3.74. The number of carbonyl (C=O) groups is 1. The number of carbonyl (C=O) groups excluding carboxylic acids is 1. The first-order chi connectivity index (χ1) is 11.7. The third-order valence-corrected chi connectivity index (χ3v) is 3.99. The molecule has 25 heavy (non-hydrogen) atoms. The molecule has 1 aliphatic heterocycles. The fourth-order valence-electron chi connectivity index (χ4n) is 2.40. The van der Waals surface area contributed by atoms with Crippen LogP contribution in [0.3, 0.4) is 0 Å². The van der Waals surface area contributed by atoms with Gasteiger partial charge in [0.15, 0.2) is 0 Å². The van der Waals surface area contributed by atoms with Gasteiger partial charge in [0.2, 0.25) is 0 Å². The molecule has 1 aromatic heterocycles. The van der Waals surface area contributed by atoms with Crippen LogP contribution in [-0.4, -0.2) is 38.6 Å². The van der Waals surface area contributed by atoms with E-state index >= 15 is 0 Å². The van der Waals surface area contributed by atoms with E-state index in [0.717, 1.165) is 0 Å². The van der Waals surface area contributed by atoms with Gasteiger partial charge >= 0.3 is 6.18 Å². The molecule has 0 radical (unpaired) electrons. The summed E-state index contributed by atoms with van der Waals surface area (Å²) in [5, 5.41) is 14.4. The lowest BCUT2D eigenvalue weighted by atomic mass is 10.0. The van der Waals surface area contributed by atoms with Crippen molar-refractivity contribution >= 4 is 23.2 Å². The smallest absolute Gasteiger partial charge is 0.362 e. The molecule has 0 bridgehead atoms. The Bertz CT molecular complexity index is 825. The van der Waals surface area contributed by atoms with Crippen molar-refractivity contribution in [1.29, 1.82) is 0 Å². The second kappa shape index (κ2) is 6.12. The zero-order valence-electron chi connectivity index (χ0n) is 12.5. The van der Waals surface area contributed by atoms with Gasteiger partial charge in [-0.2, -0.15) is 23.3 Å². The zero-order valence-corrected chi connectivity index (χ0v) is 13.3. The van der Waals surface area contributed by atoms with E-state index < -0.39 is 24.2 Å². The summed E-state index contributed by atoms with van der Waals surface area (Å²) in [6.45, 7) is 0.